The molecule has 2 aliphatic rings. The van der Waals surface area contributed by atoms with E-state index in [1.165, 1.54) is 12.0 Å². The van der Waals surface area contributed by atoms with E-state index in [-0.39, 0.29) is 5.92 Å². The molecule has 2 saturated heterocycles. The molecule has 1 N–H and O–H groups in total. The lowest BCUT2D eigenvalue weighted by Gasteiger charge is -2.22. The van der Waals surface area contributed by atoms with E-state index >= 15 is 0 Å². The first kappa shape index (κ1) is 18.2. The summed E-state index contributed by atoms with van der Waals surface area (Å²) in [5, 5.41) is 3.38. The predicted octanol–water partition coefficient (Wildman–Crippen LogP) is 1.95. The zero-order valence-electron chi connectivity index (χ0n) is 15.0. The first-order chi connectivity index (χ1) is 12.1. The quantitative estimate of drug-likeness (QED) is 0.642. The van der Waals surface area contributed by atoms with Crippen molar-refractivity contribution in [3.8, 4) is 0 Å². The Morgan fingerprint density at radius 3 is 2.72 bits per heavy atom. The van der Waals surface area contributed by atoms with E-state index in [4.69, 9.17) is 4.99 Å². The second kappa shape index (κ2) is 8.21. The third kappa shape index (κ3) is 5.21. The van der Waals surface area contributed by atoms with Gasteiger partial charge in [-0.1, -0.05) is 30.3 Å². The van der Waals surface area contributed by atoms with Gasteiger partial charge in [-0.2, -0.15) is 0 Å². The zero-order chi connectivity index (χ0) is 17.7. The third-order valence-electron chi connectivity index (χ3n) is 5.11. The standard InChI is InChI=1S/C19H29N3O2S/c1-2-20-19(21-13-18-9-11-25(23,24)15-18)22-10-8-17(14-22)12-16-6-4-3-5-7-16/h3-7,17-18H,2,8-15H2,1H3,(H,20,21). The number of hydrogen-bond acceptors (Lipinski definition) is 3. The van der Waals surface area contributed by atoms with Crippen LogP contribution in [0.3, 0.4) is 0 Å². The van der Waals surface area contributed by atoms with Crippen molar-refractivity contribution in [2.24, 2.45) is 16.8 Å². The molecule has 1 aromatic rings. The van der Waals surface area contributed by atoms with Crippen LogP contribution in [-0.4, -0.2) is 57.0 Å². The number of guanidine groups is 1. The van der Waals surface area contributed by atoms with Crippen LogP contribution in [0.15, 0.2) is 35.3 Å². The van der Waals surface area contributed by atoms with Gasteiger partial charge in [0.2, 0.25) is 0 Å². The Bertz CT molecular complexity index is 688. The van der Waals surface area contributed by atoms with E-state index in [0.717, 1.165) is 38.4 Å². The SMILES string of the molecule is CCNC(=NCC1CCS(=O)(=O)C1)N1CCC(Cc2ccccc2)C1. The van der Waals surface area contributed by atoms with Crippen LogP contribution in [-0.2, 0) is 16.3 Å². The van der Waals surface area contributed by atoms with Crippen LogP contribution in [0.25, 0.3) is 0 Å². The van der Waals surface area contributed by atoms with Crippen molar-refractivity contribution in [3.63, 3.8) is 0 Å². The van der Waals surface area contributed by atoms with E-state index in [9.17, 15) is 8.42 Å². The highest BCUT2D eigenvalue weighted by atomic mass is 32.2. The largest absolute Gasteiger partial charge is 0.357 e. The first-order valence-corrected chi connectivity index (χ1v) is 11.2. The van der Waals surface area contributed by atoms with E-state index in [0.29, 0.717) is 24.0 Å². The Morgan fingerprint density at radius 1 is 1.24 bits per heavy atom. The number of sulfone groups is 1. The Labute approximate surface area is 151 Å². The van der Waals surface area contributed by atoms with Gasteiger partial charge in [0.05, 0.1) is 11.5 Å². The van der Waals surface area contributed by atoms with E-state index in [1.807, 2.05) is 0 Å². The van der Waals surface area contributed by atoms with Gasteiger partial charge in [-0.3, -0.25) is 4.99 Å². The maximum absolute atomic E-state index is 11.6. The molecular formula is C19H29N3O2S. The van der Waals surface area contributed by atoms with Crippen molar-refractivity contribution in [1.29, 1.82) is 0 Å². The maximum atomic E-state index is 11.6. The Kier molecular flexibility index (Phi) is 5.99. The second-order valence-electron chi connectivity index (χ2n) is 7.25. The van der Waals surface area contributed by atoms with Gasteiger partial charge in [-0.25, -0.2) is 8.42 Å². The number of aliphatic imine (C=N–C) groups is 1. The lowest BCUT2D eigenvalue weighted by molar-refractivity contribution is 0.457. The number of rotatable bonds is 5. The summed E-state index contributed by atoms with van der Waals surface area (Å²) in [4.78, 5) is 7.09. The molecule has 5 nitrogen and oxygen atoms in total. The zero-order valence-corrected chi connectivity index (χ0v) is 15.8. The monoisotopic (exact) mass is 363 g/mol. The van der Waals surface area contributed by atoms with Crippen LogP contribution in [0.1, 0.15) is 25.3 Å². The molecule has 0 radical (unpaired) electrons. The fourth-order valence-electron chi connectivity index (χ4n) is 3.80. The van der Waals surface area contributed by atoms with Crippen LogP contribution in [0, 0.1) is 11.8 Å². The molecule has 0 spiro atoms. The highest BCUT2D eigenvalue weighted by molar-refractivity contribution is 7.91. The van der Waals surface area contributed by atoms with Gasteiger partial charge in [-0.05, 0) is 43.6 Å². The molecule has 0 aromatic heterocycles. The van der Waals surface area contributed by atoms with Gasteiger partial charge in [0.1, 0.15) is 0 Å². The minimum atomic E-state index is -2.82. The highest BCUT2D eigenvalue weighted by Crippen LogP contribution is 2.22. The number of likely N-dealkylation sites (tertiary alicyclic amines) is 1. The van der Waals surface area contributed by atoms with Gasteiger partial charge < -0.3 is 10.2 Å². The fraction of sp³-hybridized carbons (Fsp3) is 0.632. The summed E-state index contributed by atoms with van der Waals surface area (Å²) in [5.41, 5.74) is 1.40. The van der Waals surface area contributed by atoms with Crippen molar-refractivity contribution in [2.75, 3.05) is 37.7 Å². The van der Waals surface area contributed by atoms with Gasteiger partial charge >= 0.3 is 0 Å². The smallest absolute Gasteiger partial charge is 0.193 e. The van der Waals surface area contributed by atoms with Crippen LogP contribution >= 0.6 is 0 Å². The Balaban J connectivity index is 1.56. The summed E-state index contributed by atoms with van der Waals surface area (Å²) in [7, 11) is -2.82. The molecule has 6 heteroatoms. The highest BCUT2D eigenvalue weighted by Gasteiger charge is 2.29. The summed E-state index contributed by atoms with van der Waals surface area (Å²) >= 11 is 0. The van der Waals surface area contributed by atoms with E-state index < -0.39 is 9.84 Å². The summed E-state index contributed by atoms with van der Waals surface area (Å²) in [6.07, 6.45) is 3.04. The normalized spacial score (nSPS) is 26.1. The molecule has 0 aliphatic carbocycles. The molecule has 2 aliphatic heterocycles. The summed E-state index contributed by atoms with van der Waals surface area (Å²) in [5.74, 6) is 2.40. The van der Waals surface area contributed by atoms with Crippen LogP contribution < -0.4 is 5.32 Å². The molecule has 0 saturated carbocycles. The summed E-state index contributed by atoms with van der Waals surface area (Å²) in [6.45, 7) is 5.56. The van der Waals surface area contributed by atoms with Gasteiger partial charge in [0.25, 0.3) is 0 Å². The van der Waals surface area contributed by atoms with Crippen molar-refractivity contribution in [3.05, 3.63) is 35.9 Å². The van der Waals surface area contributed by atoms with Gasteiger partial charge in [0.15, 0.2) is 15.8 Å². The summed E-state index contributed by atoms with van der Waals surface area (Å²) < 4.78 is 23.2. The lowest BCUT2D eigenvalue weighted by atomic mass is 9.99. The average molecular weight is 364 g/mol. The van der Waals surface area contributed by atoms with Crippen LogP contribution in [0.4, 0.5) is 0 Å². The minimum Gasteiger partial charge on any atom is -0.357 e. The number of nitrogens with one attached hydrogen (secondary N) is 1. The third-order valence-corrected chi connectivity index (χ3v) is 6.95. The fourth-order valence-corrected chi connectivity index (χ4v) is 5.65. The van der Waals surface area contributed by atoms with Crippen LogP contribution in [0.2, 0.25) is 0 Å². The topological polar surface area (TPSA) is 61.8 Å². The van der Waals surface area contributed by atoms with Crippen molar-refractivity contribution in [1.82, 2.24) is 10.2 Å². The molecule has 1 aromatic carbocycles. The molecule has 2 atom stereocenters. The molecule has 0 amide bonds. The van der Waals surface area contributed by atoms with Crippen molar-refractivity contribution >= 4 is 15.8 Å². The molecular weight excluding hydrogens is 334 g/mol. The number of benzene rings is 1. The molecule has 3 rings (SSSR count). The average Bonchev–Trinajstić information content (AvgIpc) is 3.19. The molecule has 138 valence electrons. The number of nitrogens with zero attached hydrogens (tertiary/aromatic N) is 2. The predicted molar refractivity (Wildman–Crippen MR) is 103 cm³/mol. The number of hydrogen-bond donors (Lipinski definition) is 1. The van der Waals surface area contributed by atoms with Crippen molar-refractivity contribution in [2.45, 2.75) is 26.2 Å². The molecule has 2 fully saturated rings. The van der Waals surface area contributed by atoms with Crippen molar-refractivity contribution < 1.29 is 8.42 Å². The molecule has 0 bridgehead atoms. The van der Waals surface area contributed by atoms with Crippen LogP contribution in [0.5, 0.6) is 0 Å². The van der Waals surface area contributed by atoms with Gasteiger partial charge in [-0.15, -0.1) is 0 Å². The maximum Gasteiger partial charge on any atom is 0.193 e. The minimum absolute atomic E-state index is 0.182. The lowest BCUT2D eigenvalue weighted by Crippen LogP contribution is -2.40. The van der Waals surface area contributed by atoms with E-state index in [1.54, 1.807) is 0 Å². The van der Waals surface area contributed by atoms with E-state index in [2.05, 4.69) is 47.5 Å². The molecule has 2 unspecified atom stereocenters. The van der Waals surface area contributed by atoms with Gasteiger partial charge in [0, 0.05) is 26.2 Å². The Hall–Kier alpha value is -1.56. The second-order valence-corrected chi connectivity index (χ2v) is 9.48. The summed E-state index contributed by atoms with van der Waals surface area (Å²) in [6, 6.07) is 10.7. The first-order valence-electron chi connectivity index (χ1n) is 9.33. The Morgan fingerprint density at radius 2 is 2.04 bits per heavy atom. The molecule has 25 heavy (non-hydrogen) atoms. The molecule has 2 heterocycles.